The number of aromatic amines is 1. The van der Waals surface area contributed by atoms with Gasteiger partial charge in [-0.05, 0) is 91.2 Å². The van der Waals surface area contributed by atoms with Crippen molar-refractivity contribution in [2.45, 2.75) is 152 Å². The van der Waals surface area contributed by atoms with Gasteiger partial charge in [0.1, 0.15) is 35.7 Å². The van der Waals surface area contributed by atoms with E-state index in [1.54, 1.807) is 36.5 Å². The van der Waals surface area contributed by atoms with Crippen LogP contribution in [0.4, 0.5) is 0 Å². The first-order valence-electron chi connectivity index (χ1n) is 26.1. The van der Waals surface area contributed by atoms with Gasteiger partial charge in [0.15, 0.2) is 5.96 Å². The van der Waals surface area contributed by atoms with Gasteiger partial charge in [0, 0.05) is 55.9 Å². The first-order valence-corrected chi connectivity index (χ1v) is 26.1. The second-order valence-electron chi connectivity index (χ2n) is 20.0. The quantitative estimate of drug-likeness (QED) is 0.0496. The Bertz CT molecular complexity index is 2700. The average molecular weight is 1030 g/mol. The Morgan fingerprint density at radius 2 is 1.49 bits per heavy atom. The maximum Gasteiger partial charge on any atom is 0.246 e. The first-order chi connectivity index (χ1) is 36.0. The molecular weight excluding hydrogens is 957 g/mol. The summed E-state index contributed by atoms with van der Waals surface area (Å²) in [5.74, 6) is -5.52. The van der Waals surface area contributed by atoms with Crippen molar-refractivity contribution in [3.05, 3.63) is 107 Å². The number of aromatic nitrogens is 1. The molecule has 6 rings (SSSR count). The number of primary amides is 1. The Labute approximate surface area is 437 Å². The van der Waals surface area contributed by atoms with E-state index in [0.717, 1.165) is 27.6 Å². The highest BCUT2D eigenvalue weighted by Crippen LogP contribution is 2.34. The molecule has 3 aromatic carbocycles. The van der Waals surface area contributed by atoms with Crippen LogP contribution in [0.3, 0.4) is 0 Å². The molecule has 2 aliphatic rings. The lowest BCUT2D eigenvalue weighted by Gasteiger charge is -2.40. The molecule has 0 saturated carbocycles. The van der Waals surface area contributed by atoms with Gasteiger partial charge in [-0.15, -0.1) is 0 Å². The molecule has 1 aliphatic carbocycles. The van der Waals surface area contributed by atoms with Crippen molar-refractivity contribution in [3.63, 3.8) is 0 Å². The minimum atomic E-state index is -1.69. The Morgan fingerprint density at radius 3 is 2.23 bits per heavy atom. The minimum absolute atomic E-state index is 0.0151. The monoisotopic (exact) mass is 1030 g/mol. The average Bonchev–Trinajstić information content (AvgIpc) is 3.79. The van der Waals surface area contributed by atoms with E-state index in [1.165, 1.54) is 0 Å². The van der Waals surface area contributed by atoms with Crippen LogP contribution < -0.4 is 54.4 Å². The molecule has 20 nitrogen and oxygen atoms in total. The predicted octanol–water partition coefficient (Wildman–Crippen LogP) is 1.96. The van der Waals surface area contributed by atoms with Crippen LogP contribution in [0.25, 0.3) is 10.9 Å². The second kappa shape index (κ2) is 27.0. The third-order valence-electron chi connectivity index (χ3n) is 13.9. The van der Waals surface area contributed by atoms with Crippen LogP contribution in [0, 0.1) is 0 Å². The third kappa shape index (κ3) is 15.9. The lowest BCUT2D eigenvalue weighted by molar-refractivity contribution is -0.139. The van der Waals surface area contributed by atoms with E-state index in [9.17, 15) is 33.6 Å². The van der Waals surface area contributed by atoms with E-state index in [0.29, 0.717) is 43.2 Å². The van der Waals surface area contributed by atoms with E-state index in [-0.39, 0.29) is 76.3 Å². The van der Waals surface area contributed by atoms with Crippen LogP contribution in [0.2, 0.25) is 0 Å². The van der Waals surface area contributed by atoms with Crippen LogP contribution in [0.5, 0.6) is 0 Å². The molecule has 1 fully saturated rings. The van der Waals surface area contributed by atoms with Crippen molar-refractivity contribution in [1.82, 2.24) is 42.2 Å². The van der Waals surface area contributed by atoms with E-state index in [1.807, 2.05) is 49.4 Å². The smallest absolute Gasteiger partial charge is 0.246 e. The van der Waals surface area contributed by atoms with Crippen molar-refractivity contribution < 1.29 is 38.4 Å². The highest BCUT2D eigenvalue weighted by atomic mass is 16.2. The summed E-state index contributed by atoms with van der Waals surface area (Å²) in [4.78, 5) is 121. The van der Waals surface area contributed by atoms with Crippen LogP contribution in [-0.4, -0.2) is 107 Å². The third-order valence-corrected chi connectivity index (χ3v) is 13.9. The zero-order valence-electron chi connectivity index (χ0n) is 43.2. The van der Waals surface area contributed by atoms with Gasteiger partial charge in [0.05, 0.1) is 6.42 Å². The van der Waals surface area contributed by atoms with Gasteiger partial charge in [-0.3, -0.25) is 43.3 Å². The normalized spacial score (nSPS) is 22.6. The van der Waals surface area contributed by atoms with Gasteiger partial charge < -0.3 is 59.4 Å². The van der Waals surface area contributed by atoms with Crippen LogP contribution in [0.1, 0.15) is 119 Å². The lowest BCUT2D eigenvalue weighted by atomic mass is 9.74. The highest BCUT2D eigenvalue weighted by Gasteiger charge is 2.46. The molecule has 4 aromatic rings. The van der Waals surface area contributed by atoms with E-state index in [2.05, 4.69) is 61.0 Å². The fraction of sp³-hybridized carbons (Fsp3) is 0.473. The van der Waals surface area contributed by atoms with E-state index in [4.69, 9.17) is 17.2 Å². The number of nitrogens with one attached hydrogen (secondary N) is 8. The Kier molecular flexibility index (Phi) is 20.3. The van der Waals surface area contributed by atoms with Crippen molar-refractivity contribution in [1.29, 1.82) is 0 Å². The molecule has 1 saturated heterocycles. The standard InChI is InChI=1S/C55H74N12O8/c1-4-5-23-46(68)62-45-30-47(69)59-26-12-11-21-41(48(56)70)63-51(73)44(29-36-32-61-40-20-10-9-18-39(36)40)65-49(71)42(22-14-27-60-54(57)58)64-50(72)43(28-34-15-7-6-8-16-34)66-53(75)55(67-52(45)74)25-24-38-35(31-55)17-13-19-37(38)33(2)3/h6-10,13,15-20,32-33,41-45,61H,4-5,11-12,14,21-31H2,1-3H3,(H2,56,70)(H,59,69)(H,62,68)(H,63,73)(H,64,72)(H,65,71)(H,66,75)(H,67,74)(H4,57,58,60)/t41-,42-,43+,44-,45-,55?/m0/s1. The maximum atomic E-state index is 15.4. The molecule has 1 unspecified atom stereocenters. The molecule has 20 heteroatoms. The van der Waals surface area contributed by atoms with Gasteiger partial charge >= 0.3 is 0 Å². The lowest BCUT2D eigenvalue weighted by Crippen LogP contribution is -2.67. The second-order valence-corrected chi connectivity index (χ2v) is 20.0. The Balaban J connectivity index is 1.42. The number of guanidine groups is 1. The van der Waals surface area contributed by atoms with Crippen molar-refractivity contribution >= 4 is 64.1 Å². The van der Waals surface area contributed by atoms with Gasteiger partial charge in [-0.25, -0.2) is 0 Å². The summed E-state index contributed by atoms with van der Waals surface area (Å²) in [6, 6.07) is 15.7. The zero-order chi connectivity index (χ0) is 54.1. The van der Waals surface area contributed by atoms with Gasteiger partial charge in [-0.1, -0.05) is 93.9 Å². The number of hydrogen-bond donors (Lipinski definition) is 11. The van der Waals surface area contributed by atoms with E-state index >= 15 is 4.79 Å². The van der Waals surface area contributed by atoms with Gasteiger partial charge in [-0.2, -0.15) is 0 Å². The number of para-hydroxylation sites is 1. The van der Waals surface area contributed by atoms with Gasteiger partial charge in [0.25, 0.3) is 0 Å². The number of rotatable bonds is 14. The van der Waals surface area contributed by atoms with Crippen molar-refractivity contribution in [2.75, 3.05) is 13.1 Å². The molecule has 1 aliphatic heterocycles. The molecule has 8 amide bonds. The Hall–Kier alpha value is -7.77. The summed E-state index contributed by atoms with van der Waals surface area (Å²) >= 11 is 0. The molecule has 2 heterocycles. The highest BCUT2D eigenvalue weighted by molar-refractivity contribution is 6.00. The molecule has 0 radical (unpaired) electrons. The first kappa shape index (κ1) is 56.5. The number of carbonyl (C=O) groups is 8. The molecule has 14 N–H and O–H groups in total. The van der Waals surface area contributed by atoms with Crippen molar-refractivity contribution in [2.24, 2.45) is 22.2 Å². The largest absolute Gasteiger partial charge is 0.370 e. The molecule has 1 aromatic heterocycles. The predicted molar refractivity (Wildman–Crippen MR) is 285 cm³/mol. The summed E-state index contributed by atoms with van der Waals surface area (Å²) < 4.78 is 0. The minimum Gasteiger partial charge on any atom is -0.370 e. The Morgan fingerprint density at radius 1 is 0.787 bits per heavy atom. The number of benzene rings is 3. The zero-order valence-corrected chi connectivity index (χ0v) is 43.2. The fourth-order valence-corrected chi connectivity index (χ4v) is 9.83. The number of fused-ring (bicyclic) bond motifs is 2. The number of amides is 8. The number of hydrogen-bond acceptors (Lipinski definition) is 9. The summed E-state index contributed by atoms with van der Waals surface area (Å²) in [5, 5.41) is 20.7. The number of nitrogens with zero attached hydrogens (tertiary/aromatic N) is 1. The molecule has 6 atom stereocenters. The van der Waals surface area contributed by atoms with Crippen LogP contribution in [-0.2, 0) is 64.0 Å². The molecule has 402 valence electrons. The summed E-state index contributed by atoms with van der Waals surface area (Å²) in [7, 11) is 0. The van der Waals surface area contributed by atoms with Crippen LogP contribution in [0.15, 0.2) is 84.0 Å². The SMILES string of the molecule is CCCCC(=O)N[C@H]1CC(=O)NCCCC[C@@H](C(N)=O)NC(=O)[C@H](Cc2c[nH]c3ccccc23)NC(=O)[C@H](CCCN=C(N)N)NC(=O)[C@@H](Cc2ccccc2)NC(=O)C2(CCc3c(cccc3C(C)C)C2)NC1=O. The number of carbonyl (C=O) groups excluding carboxylic acids is 8. The molecule has 1 spiro atoms. The van der Waals surface area contributed by atoms with Gasteiger partial charge in [0.2, 0.25) is 47.3 Å². The summed E-state index contributed by atoms with van der Waals surface area (Å²) in [5.41, 5.74) is 20.5. The molecule has 75 heavy (non-hydrogen) atoms. The fourth-order valence-electron chi connectivity index (χ4n) is 9.83. The summed E-state index contributed by atoms with van der Waals surface area (Å²) in [6.07, 6.45) is 3.96. The molecule has 0 bridgehead atoms. The molecular formula is C55H74N12O8. The topological polar surface area (TPSA) is 327 Å². The maximum absolute atomic E-state index is 15.4. The van der Waals surface area contributed by atoms with E-state index < -0.39 is 89.4 Å². The van der Waals surface area contributed by atoms with Crippen LogP contribution >= 0.6 is 0 Å². The summed E-state index contributed by atoms with van der Waals surface area (Å²) in [6.45, 7) is 6.29. The number of unbranched alkanes of at least 4 members (excludes halogenated alkanes) is 1. The van der Waals surface area contributed by atoms with Crippen molar-refractivity contribution in [3.8, 4) is 0 Å². The number of aliphatic imine (C=N–C) groups is 1. The number of nitrogens with two attached hydrogens (primary N) is 3. The number of H-pyrrole nitrogens is 1.